The third-order valence-corrected chi connectivity index (χ3v) is 2.49. The van der Waals surface area contributed by atoms with Gasteiger partial charge in [0.1, 0.15) is 0 Å². The molecule has 0 aliphatic carbocycles. The van der Waals surface area contributed by atoms with Gasteiger partial charge in [-0.25, -0.2) is 4.39 Å². The van der Waals surface area contributed by atoms with Gasteiger partial charge in [-0.05, 0) is 19.1 Å². The van der Waals surface area contributed by atoms with Crippen molar-refractivity contribution in [1.29, 1.82) is 0 Å². The molecule has 6 heteroatoms. The zero-order valence-corrected chi connectivity index (χ0v) is 10.6. The van der Waals surface area contributed by atoms with E-state index in [2.05, 4.69) is 15.5 Å². The van der Waals surface area contributed by atoms with E-state index in [1.807, 2.05) is 6.07 Å². The maximum atomic E-state index is 13.5. The molecule has 100 valence electrons. The Bertz CT molecular complexity index is 548. The maximum absolute atomic E-state index is 13.5. The molecule has 1 aromatic carbocycles. The van der Waals surface area contributed by atoms with Crippen molar-refractivity contribution in [3.8, 4) is 5.75 Å². The predicted molar refractivity (Wildman–Crippen MR) is 71.3 cm³/mol. The molecule has 0 saturated heterocycles. The van der Waals surface area contributed by atoms with Crippen molar-refractivity contribution in [2.24, 2.45) is 0 Å². The van der Waals surface area contributed by atoms with Crippen LogP contribution in [-0.4, -0.2) is 16.8 Å². The number of halogens is 1. The molecule has 5 nitrogen and oxygen atoms in total. The molecule has 19 heavy (non-hydrogen) atoms. The van der Waals surface area contributed by atoms with Crippen LogP contribution in [0.5, 0.6) is 5.75 Å². The molecule has 0 spiro atoms. The lowest BCUT2D eigenvalue weighted by atomic mass is 10.2. The summed E-state index contributed by atoms with van der Waals surface area (Å²) in [5.74, 6) is -0.289. The third kappa shape index (κ3) is 3.31. The van der Waals surface area contributed by atoms with Crippen LogP contribution >= 0.6 is 0 Å². The number of anilines is 2. The van der Waals surface area contributed by atoms with E-state index in [1.54, 1.807) is 25.3 Å². The lowest BCUT2D eigenvalue weighted by molar-refractivity contribution is 0.322. The summed E-state index contributed by atoms with van der Waals surface area (Å²) in [6.07, 6.45) is 1.60. The first kappa shape index (κ1) is 13.1. The van der Waals surface area contributed by atoms with E-state index in [-0.39, 0.29) is 5.75 Å². The summed E-state index contributed by atoms with van der Waals surface area (Å²) in [6.45, 7) is 2.64. The van der Waals surface area contributed by atoms with Gasteiger partial charge < -0.3 is 15.8 Å². The van der Waals surface area contributed by atoms with Crippen molar-refractivity contribution < 1.29 is 9.13 Å². The Hall–Kier alpha value is -2.37. The predicted octanol–water partition coefficient (Wildman–Crippen LogP) is 2.21. The number of hydrogen-bond acceptors (Lipinski definition) is 5. The van der Waals surface area contributed by atoms with Gasteiger partial charge in [-0.2, -0.15) is 10.2 Å². The molecule has 0 unspecified atom stereocenters. The number of aromatic nitrogens is 2. The van der Waals surface area contributed by atoms with Crippen LogP contribution in [-0.2, 0) is 6.54 Å². The van der Waals surface area contributed by atoms with Crippen molar-refractivity contribution in [1.82, 2.24) is 10.2 Å². The van der Waals surface area contributed by atoms with Crippen molar-refractivity contribution in [2.45, 2.75) is 13.5 Å². The second-order valence-electron chi connectivity index (χ2n) is 3.87. The standard InChI is InChI=1S/C13H15FN4O/c1-2-19-13-7-12(11(15)6-10(13)14)16-8-9-4-3-5-17-18-9/h3-7,16H,2,8,15H2,1H3. The van der Waals surface area contributed by atoms with Crippen molar-refractivity contribution in [3.05, 3.63) is 42.0 Å². The van der Waals surface area contributed by atoms with Crippen LogP contribution in [0.15, 0.2) is 30.5 Å². The minimum absolute atomic E-state index is 0.179. The maximum Gasteiger partial charge on any atom is 0.167 e. The van der Waals surface area contributed by atoms with Gasteiger partial charge in [0.2, 0.25) is 0 Å². The van der Waals surface area contributed by atoms with E-state index >= 15 is 0 Å². The first-order valence-electron chi connectivity index (χ1n) is 5.93. The van der Waals surface area contributed by atoms with E-state index in [1.165, 1.54) is 6.07 Å². The quantitative estimate of drug-likeness (QED) is 0.808. The van der Waals surface area contributed by atoms with Crippen LogP contribution in [0.1, 0.15) is 12.6 Å². The van der Waals surface area contributed by atoms with Crippen molar-refractivity contribution in [3.63, 3.8) is 0 Å². The topological polar surface area (TPSA) is 73.1 Å². The van der Waals surface area contributed by atoms with Gasteiger partial charge in [0, 0.05) is 18.3 Å². The number of nitrogen functional groups attached to an aromatic ring is 1. The number of benzene rings is 1. The molecule has 0 saturated carbocycles. The van der Waals surface area contributed by atoms with Gasteiger partial charge in [-0.3, -0.25) is 0 Å². The Morgan fingerprint density at radius 1 is 1.42 bits per heavy atom. The summed E-state index contributed by atoms with van der Waals surface area (Å²) >= 11 is 0. The number of rotatable bonds is 5. The fraction of sp³-hybridized carbons (Fsp3) is 0.231. The van der Waals surface area contributed by atoms with E-state index in [0.717, 1.165) is 5.69 Å². The highest BCUT2D eigenvalue weighted by Crippen LogP contribution is 2.28. The summed E-state index contributed by atoms with van der Waals surface area (Å²) < 4.78 is 18.7. The van der Waals surface area contributed by atoms with Gasteiger partial charge in [-0.15, -0.1) is 0 Å². The Labute approximate surface area is 110 Å². The van der Waals surface area contributed by atoms with Gasteiger partial charge in [0.15, 0.2) is 11.6 Å². The van der Waals surface area contributed by atoms with Crippen LogP contribution < -0.4 is 15.8 Å². The zero-order chi connectivity index (χ0) is 13.7. The lowest BCUT2D eigenvalue weighted by Gasteiger charge is -2.12. The van der Waals surface area contributed by atoms with Gasteiger partial charge in [-0.1, -0.05) is 0 Å². The average Bonchev–Trinajstić information content (AvgIpc) is 2.42. The minimum Gasteiger partial charge on any atom is -0.491 e. The molecule has 0 atom stereocenters. The second kappa shape index (κ2) is 5.99. The highest BCUT2D eigenvalue weighted by molar-refractivity contribution is 5.68. The molecule has 0 aliphatic heterocycles. The molecule has 0 radical (unpaired) electrons. The molecule has 1 heterocycles. The van der Waals surface area contributed by atoms with E-state index < -0.39 is 5.82 Å². The van der Waals surface area contributed by atoms with E-state index in [4.69, 9.17) is 10.5 Å². The summed E-state index contributed by atoms with van der Waals surface area (Å²) in [5.41, 5.74) is 7.46. The molecular weight excluding hydrogens is 247 g/mol. The Morgan fingerprint density at radius 2 is 2.26 bits per heavy atom. The Balaban J connectivity index is 2.13. The zero-order valence-electron chi connectivity index (χ0n) is 10.6. The molecule has 0 bridgehead atoms. The number of hydrogen-bond donors (Lipinski definition) is 2. The summed E-state index contributed by atoms with van der Waals surface area (Å²) in [4.78, 5) is 0. The van der Waals surface area contributed by atoms with E-state index in [0.29, 0.717) is 24.5 Å². The van der Waals surface area contributed by atoms with E-state index in [9.17, 15) is 4.39 Å². The lowest BCUT2D eigenvalue weighted by Crippen LogP contribution is -2.06. The number of nitrogens with one attached hydrogen (secondary N) is 1. The number of nitrogens with two attached hydrogens (primary N) is 1. The van der Waals surface area contributed by atoms with Crippen LogP contribution in [0, 0.1) is 5.82 Å². The summed E-state index contributed by atoms with van der Waals surface area (Å²) in [7, 11) is 0. The van der Waals surface area contributed by atoms with Gasteiger partial charge in [0.25, 0.3) is 0 Å². The monoisotopic (exact) mass is 262 g/mol. The molecule has 1 aromatic heterocycles. The molecule has 0 amide bonds. The van der Waals surface area contributed by atoms with Crippen LogP contribution in [0.25, 0.3) is 0 Å². The van der Waals surface area contributed by atoms with Crippen molar-refractivity contribution in [2.75, 3.05) is 17.7 Å². The first-order valence-corrected chi connectivity index (χ1v) is 5.93. The SMILES string of the molecule is CCOc1cc(NCc2cccnn2)c(N)cc1F. The van der Waals surface area contributed by atoms with Crippen molar-refractivity contribution >= 4 is 11.4 Å². The Kier molecular flexibility index (Phi) is 4.12. The normalized spacial score (nSPS) is 10.2. The molecule has 2 aromatic rings. The first-order chi connectivity index (χ1) is 9.20. The third-order valence-electron chi connectivity index (χ3n) is 2.49. The Morgan fingerprint density at radius 3 is 2.95 bits per heavy atom. The fourth-order valence-electron chi connectivity index (χ4n) is 1.60. The minimum atomic E-state index is -0.468. The van der Waals surface area contributed by atoms with Crippen LogP contribution in [0.4, 0.5) is 15.8 Å². The number of ether oxygens (including phenoxy) is 1. The summed E-state index contributed by atoms with van der Waals surface area (Å²) in [5, 5.41) is 10.8. The second-order valence-corrected chi connectivity index (χ2v) is 3.87. The summed E-state index contributed by atoms with van der Waals surface area (Å²) in [6, 6.07) is 6.42. The fourth-order valence-corrected chi connectivity index (χ4v) is 1.60. The average molecular weight is 262 g/mol. The highest BCUT2D eigenvalue weighted by Gasteiger charge is 2.08. The molecule has 0 aliphatic rings. The number of nitrogens with zero attached hydrogens (tertiary/aromatic N) is 2. The molecule has 2 rings (SSSR count). The van der Waals surface area contributed by atoms with Gasteiger partial charge >= 0.3 is 0 Å². The molecule has 3 N–H and O–H groups in total. The van der Waals surface area contributed by atoms with Crippen LogP contribution in [0.3, 0.4) is 0 Å². The smallest absolute Gasteiger partial charge is 0.167 e. The largest absolute Gasteiger partial charge is 0.491 e. The molecule has 0 fully saturated rings. The van der Waals surface area contributed by atoms with Gasteiger partial charge in [0.05, 0.1) is 30.2 Å². The molecular formula is C13H15FN4O. The highest BCUT2D eigenvalue weighted by atomic mass is 19.1. The van der Waals surface area contributed by atoms with Crippen LogP contribution in [0.2, 0.25) is 0 Å².